The third-order valence-electron chi connectivity index (χ3n) is 1.41. The summed E-state index contributed by atoms with van der Waals surface area (Å²) in [6.45, 7) is 7.13. The Labute approximate surface area is 78.8 Å². The number of esters is 1. The molecular formula is C10H16O3. The Balaban J connectivity index is 3.48. The fourth-order valence-corrected chi connectivity index (χ4v) is 0.841. The van der Waals surface area contributed by atoms with Gasteiger partial charge in [-0.3, -0.25) is 9.59 Å². The summed E-state index contributed by atoms with van der Waals surface area (Å²) in [7, 11) is 0. The lowest BCUT2D eigenvalue weighted by molar-refractivity contribution is -0.147. The quantitative estimate of drug-likeness (QED) is 0.359. The number of carbonyl (C=O) groups excluding carboxylic acids is 2. The zero-order valence-corrected chi connectivity index (χ0v) is 8.21. The molecule has 0 saturated carbocycles. The van der Waals surface area contributed by atoms with Crippen LogP contribution in [0.4, 0.5) is 0 Å². The molecule has 0 saturated heterocycles. The van der Waals surface area contributed by atoms with E-state index in [1.807, 2.05) is 13.8 Å². The highest BCUT2D eigenvalue weighted by Crippen LogP contribution is 2.04. The van der Waals surface area contributed by atoms with Gasteiger partial charge < -0.3 is 4.74 Å². The van der Waals surface area contributed by atoms with Crippen LogP contribution in [0.25, 0.3) is 0 Å². The van der Waals surface area contributed by atoms with E-state index in [0.29, 0.717) is 31.1 Å². The van der Waals surface area contributed by atoms with E-state index < -0.39 is 0 Å². The van der Waals surface area contributed by atoms with Crippen LogP contribution in [0.15, 0.2) is 12.2 Å². The second-order valence-corrected chi connectivity index (χ2v) is 3.17. The first kappa shape index (κ1) is 11.9. The topological polar surface area (TPSA) is 43.4 Å². The Hall–Kier alpha value is -1.12. The van der Waals surface area contributed by atoms with Crippen molar-refractivity contribution in [1.29, 1.82) is 0 Å². The standard InChI is InChI=1S/C10H16O3/c1-8(2)13-10(12)6-4-5-9(3)7-11/h7-8H,3-6H2,1-2H3. The lowest BCUT2D eigenvalue weighted by Crippen LogP contribution is -2.10. The molecule has 3 nitrogen and oxygen atoms in total. The second kappa shape index (κ2) is 6.40. The Morgan fingerprint density at radius 1 is 1.46 bits per heavy atom. The summed E-state index contributed by atoms with van der Waals surface area (Å²) >= 11 is 0. The molecule has 0 aliphatic heterocycles. The van der Waals surface area contributed by atoms with E-state index in [4.69, 9.17) is 4.74 Å². The van der Waals surface area contributed by atoms with Crippen molar-refractivity contribution in [2.75, 3.05) is 0 Å². The zero-order valence-electron chi connectivity index (χ0n) is 8.21. The van der Waals surface area contributed by atoms with E-state index in [2.05, 4.69) is 6.58 Å². The highest BCUT2D eigenvalue weighted by Gasteiger charge is 2.04. The molecule has 0 aromatic heterocycles. The van der Waals surface area contributed by atoms with Crippen LogP contribution in [0, 0.1) is 0 Å². The summed E-state index contributed by atoms with van der Waals surface area (Å²) in [6, 6.07) is 0. The van der Waals surface area contributed by atoms with Crippen molar-refractivity contribution in [2.24, 2.45) is 0 Å². The highest BCUT2D eigenvalue weighted by atomic mass is 16.5. The molecule has 0 unspecified atom stereocenters. The SMILES string of the molecule is C=C(C=O)CCCC(=O)OC(C)C. The predicted molar refractivity (Wildman–Crippen MR) is 50.3 cm³/mol. The maximum atomic E-state index is 11.0. The van der Waals surface area contributed by atoms with Crippen LogP contribution in [0.3, 0.4) is 0 Å². The maximum absolute atomic E-state index is 11.0. The van der Waals surface area contributed by atoms with Crippen molar-refractivity contribution in [3.05, 3.63) is 12.2 Å². The highest BCUT2D eigenvalue weighted by molar-refractivity contribution is 5.72. The molecule has 74 valence electrons. The average molecular weight is 184 g/mol. The monoisotopic (exact) mass is 184 g/mol. The van der Waals surface area contributed by atoms with E-state index in [-0.39, 0.29) is 12.1 Å². The fraction of sp³-hybridized carbons (Fsp3) is 0.600. The van der Waals surface area contributed by atoms with E-state index >= 15 is 0 Å². The Bertz CT molecular complexity index is 194. The fourth-order valence-electron chi connectivity index (χ4n) is 0.841. The molecule has 0 bridgehead atoms. The molecule has 0 spiro atoms. The van der Waals surface area contributed by atoms with Crippen LogP contribution in [-0.4, -0.2) is 18.4 Å². The van der Waals surface area contributed by atoms with E-state index in [0.717, 1.165) is 0 Å². The van der Waals surface area contributed by atoms with Crippen LogP contribution in [0.1, 0.15) is 33.1 Å². The van der Waals surface area contributed by atoms with Gasteiger partial charge in [-0.1, -0.05) is 6.58 Å². The minimum Gasteiger partial charge on any atom is -0.463 e. The van der Waals surface area contributed by atoms with Crippen molar-refractivity contribution in [3.63, 3.8) is 0 Å². The van der Waals surface area contributed by atoms with Crippen LogP contribution in [0.5, 0.6) is 0 Å². The molecule has 0 rings (SSSR count). The molecule has 0 aromatic carbocycles. The number of hydrogen-bond acceptors (Lipinski definition) is 3. The van der Waals surface area contributed by atoms with Crippen molar-refractivity contribution < 1.29 is 14.3 Å². The van der Waals surface area contributed by atoms with Gasteiger partial charge in [0.05, 0.1) is 6.10 Å². The number of carbonyl (C=O) groups is 2. The van der Waals surface area contributed by atoms with Crippen molar-refractivity contribution >= 4 is 12.3 Å². The predicted octanol–water partition coefficient (Wildman–Crippen LogP) is 1.86. The summed E-state index contributed by atoms with van der Waals surface area (Å²) in [5.74, 6) is -0.214. The van der Waals surface area contributed by atoms with Gasteiger partial charge in [-0.25, -0.2) is 0 Å². The first-order chi connectivity index (χ1) is 6.06. The summed E-state index contributed by atoms with van der Waals surface area (Å²) < 4.78 is 4.91. The Kier molecular flexibility index (Phi) is 5.85. The van der Waals surface area contributed by atoms with Gasteiger partial charge in [-0.15, -0.1) is 0 Å². The molecule has 0 aromatic rings. The summed E-state index contributed by atoms with van der Waals surface area (Å²) in [6.07, 6.45) is 2.19. The van der Waals surface area contributed by atoms with Gasteiger partial charge in [0.1, 0.15) is 6.29 Å². The first-order valence-corrected chi connectivity index (χ1v) is 4.38. The lowest BCUT2D eigenvalue weighted by atomic mass is 10.1. The number of rotatable bonds is 6. The Morgan fingerprint density at radius 2 is 2.08 bits per heavy atom. The van der Waals surface area contributed by atoms with Gasteiger partial charge in [-0.2, -0.15) is 0 Å². The summed E-state index contributed by atoms with van der Waals surface area (Å²) in [5.41, 5.74) is 0.525. The van der Waals surface area contributed by atoms with Gasteiger partial charge in [0.25, 0.3) is 0 Å². The number of hydrogen-bond donors (Lipinski definition) is 0. The van der Waals surface area contributed by atoms with Gasteiger partial charge in [0.15, 0.2) is 0 Å². The largest absolute Gasteiger partial charge is 0.463 e. The zero-order chi connectivity index (χ0) is 10.3. The van der Waals surface area contributed by atoms with Crippen LogP contribution in [0.2, 0.25) is 0 Å². The smallest absolute Gasteiger partial charge is 0.306 e. The van der Waals surface area contributed by atoms with E-state index in [1.165, 1.54) is 0 Å². The van der Waals surface area contributed by atoms with Crippen LogP contribution in [-0.2, 0) is 14.3 Å². The molecular weight excluding hydrogens is 168 g/mol. The third kappa shape index (κ3) is 7.25. The van der Waals surface area contributed by atoms with Gasteiger partial charge in [-0.05, 0) is 32.3 Å². The number of aldehydes is 1. The molecule has 0 radical (unpaired) electrons. The van der Waals surface area contributed by atoms with Gasteiger partial charge in [0, 0.05) is 6.42 Å². The van der Waals surface area contributed by atoms with Crippen molar-refractivity contribution in [1.82, 2.24) is 0 Å². The average Bonchev–Trinajstić information content (AvgIpc) is 2.02. The molecule has 0 amide bonds. The minimum atomic E-state index is -0.214. The van der Waals surface area contributed by atoms with E-state index in [9.17, 15) is 9.59 Å². The van der Waals surface area contributed by atoms with Crippen LogP contribution >= 0.6 is 0 Å². The lowest BCUT2D eigenvalue weighted by Gasteiger charge is -2.06. The molecule has 0 fully saturated rings. The Morgan fingerprint density at radius 3 is 2.54 bits per heavy atom. The minimum absolute atomic E-state index is 0.0678. The molecule has 0 aliphatic carbocycles. The normalized spacial score (nSPS) is 9.77. The second-order valence-electron chi connectivity index (χ2n) is 3.17. The molecule has 13 heavy (non-hydrogen) atoms. The van der Waals surface area contributed by atoms with Crippen molar-refractivity contribution in [3.8, 4) is 0 Å². The molecule has 0 N–H and O–H groups in total. The molecule has 0 heterocycles. The van der Waals surface area contributed by atoms with Crippen LogP contribution < -0.4 is 0 Å². The first-order valence-electron chi connectivity index (χ1n) is 4.38. The van der Waals surface area contributed by atoms with E-state index in [1.54, 1.807) is 0 Å². The molecule has 0 aliphatic rings. The molecule has 3 heteroatoms. The summed E-state index contributed by atoms with van der Waals surface area (Å²) in [5, 5.41) is 0. The summed E-state index contributed by atoms with van der Waals surface area (Å²) in [4.78, 5) is 21.1. The van der Waals surface area contributed by atoms with Gasteiger partial charge in [0.2, 0.25) is 0 Å². The van der Waals surface area contributed by atoms with Gasteiger partial charge >= 0.3 is 5.97 Å². The third-order valence-corrected chi connectivity index (χ3v) is 1.41. The number of ether oxygens (including phenoxy) is 1. The number of allylic oxidation sites excluding steroid dienone is 1. The maximum Gasteiger partial charge on any atom is 0.306 e. The molecule has 0 atom stereocenters. The van der Waals surface area contributed by atoms with Crippen molar-refractivity contribution in [2.45, 2.75) is 39.2 Å².